The highest BCUT2D eigenvalue weighted by Crippen LogP contribution is 2.60. The van der Waals surface area contributed by atoms with Crippen LogP contribution in [-0.2, 0) is 0 Å². The van der Waals surface area contributed by atoms with Gasteiger partial charge in [0.15, 0.2) is 0 Å². The van der Waals surface area contributed by atoms with Gasteiger partial charge in [-0.25, -0.2) is 4.98 Å². The number of imidazole rings is 1. The van der Waals surface area contributed by atoms with E-state index in [0.29, 0.717) is 11.8 Å². The fourth-order valence-electron chi connectivity index (χ4n) is 5.18. The average Bonchev–Trinajstić information content (AvgIpc) is 3.33. The van der Waals surface area contributed by atoms with E-state index in [-0.39, 0.29) is 10.5 Å². The minimum absolute atomic E-state index is 0.0122. The van der Waals surface area contributed by atoms with Crippen LogP contribution in [0.2, 0.25) is 0 Å². The number of para-hydroxylation sites is 2. The Balaban J connectivity index is 1.55. The summed E-state index contributed by atoms with van der Waals surface area (Å²) in [7, 11) is -0.0122. The van der Waals surface area contributed by atoms with Gasteiger partial charge in [0.05, 0.1) is 21.6 Å². The molecule has 156 valence electrons. The zero-order chi connectivity index (χ0) is 21.4. The molecule has 0 saturated heterocycles. The Morgan fingerprint density at radius 2 is 1.81 bits per heavy atom. The van der Waals surface area contributed by atoms with Crippen molar-refractivity contribution >= 4 is 54.5 Å². The molecule has 0 N–H and O–H groups in total. The van der Waals surface area contributed by atoms with Gasteiger partial charge in [-0.3, -0.25) is 4.57 Å². The third-order valence-corrected chi connectivity index (χ3v) is 9.24. The summed E-state index contributed by atoms with van der Waals surface area (Å²) in [5.41, 5.74) is 6.22. The summed E-state index contributed by atoms with van der Waals surface area (Å²) in [6.45, 7) is 0. The highest BCUT2D eigenvalue weighted by Gasteiger charge is 2.45. The Hall–Kier alpha value is -2.95. The number of nitrogens with zero attached hydrogens (tertiary/aromatic N) is 2. The van der Waals surface area contributed by atoms with Crippen LogP contribution in [0.5, 0.6) is 0 Å². The molecule has 2 aliphatic rings. The predicted molar refractivity (Wildman–Crippen MR) is 140 cm³/mol. The summed E-state index contributed by atoms with van der Waals surface area (Å²) in [5.74, 6) is 6.68. The van der Waals surface area contributed by atoms with E-state index in [0.717, 1.165) is 16.9 Å². The molecule has 5 aromatic rings. The van der Waals surface area contributed by atoms with Crippen molar-refractivity contribution in [2.24, 2.45) is 5.92 Å². The molecule has 2 aromatic heterocycles. The number of hydrogen-bond acceptors (Lipinski definition) is 2. The Bertz CT molecular complexity index is 1590. The van der Waals surface area contributed by atoms with Gasteiger partial charge >= 0.3 is 0 Å². The first-order chi connectivity index (χ1) is 15.7. The van der Waals surface area contributed by atoms with Gasteiger partial charge in [0.2, 0.25) is 0 Å². The van der Waals surface area contributed by atoms with Gasteiger partial charge in [0, 0.05) is 15.2 Å². The van der Waals surface area contributed by atoms with Crippen molar-refractivity contribution in [1.82, 2.24) is 9.55 Å². The second-order valence-corrected chi connectivity index (χ2v) is 11.5. The number of fused-ring (bicyclic) bond motifs is 6. The Morgan fingerprint density at radius 1 is 1.00 bits per heavy atom. The highest BCUT2D eigenvalue weighted by molar-refractivity contribution is 8.13. The number of allylic oxidation sites excluding steroid dienone is 1. The summed E-state index contributed by atoms with van der Waals surface area (Å²) >= 11 is 1.95. The molecule has 3 unspecified atom stereocenters. The summed E-state index contributed by atoms with van der Waals surface area (Å²) in [6.07, 6.45) is 5.99. The van der Waals surface area contributed by atoms with Crippen LogP contribution in [0.4, 0.5) is 0 Å². The third kappa shape index (κ3) is 2.60. The summed E-state index contributed by atoms with van der Waals surface area (Å²) < 4.78 is 3.82. The van der Waals surface area contributed by atoms with Crippen LogP contribution in [0, 0.1) is 5.92 Å². The first-order valence-corrected chi connectivity index (χ1v) is 13.6. The normalized spacial score (nSPS) is 20.1. The zero-order valence-electron chi connectivity index (χ0n) is 17.8. The predicted octanol–water partition coefficient (Wildman–Crippen LogP) is 7.61. The number of rotatable bonds is 3. The van der Waals surface area contributed by atoms with Crippen LogP contribution in [0.1, 0.15) is 22.8 Å². The van der Waals surface area contributed by atoms with Crippen molar-refractivity contribution in [1.29, 1.82) is 0 Å². The maximum absolute atomic E-state index is 5.09. The Labute approximate surface area is 193 Å². The molecule has 32 heavy (non-hydrogen) atoms. The number of aromatic nitrogens is 2. The van der Waals surface area contributed by atoms with E-state index in [4.69, 9.17) is 4.98 Å². The average molecular weight is 451 g/mol. The SMILES string of the molecule is C=S(C)c1cccc2c3c(sc12)C(n1c(-c2ccccc2)nc2ccccc21)=CC1CC31. The van der Waals surface area contributed by atoms with Gasteiger partial charge < -0.3 is 0 Å². The van der Waals surface area contributed by atoms with E-state index in [1.165, 1.54) is 37.5 Å². The van der Waals surface area contributed by atoms with Gasteiger partial charge in [0.25, 0.3) is 0 Å². The lowest BCUT2D eigenvalue weighted by atomic mass is 9.98. The Morgan fingerprint density at radius 3 is 2.66 bits per heavy atom. The molecule has 0 bridgehead atoms. The molecule has 1 saturated carbocycles. The molecule has 3 atom stereocenters. The lowest BCUT2D eigenvalue weighted by Crippen LogP contribution is -2.05. The molecule has 3 aromatic carbocycles. The minimum atomic E-state index is -0.0122. The van der Waals surface area contributed by atoms with Crippen LogP contribution in [0.25, 0.3) is 38.2 Å². The molecule has 2 heterocycles. The first-order valence-electron chi connectivity index (χ1n) is 11.0. The van der Waals surface area contributed by atoms with Crippen molar-refractivity contribution in [3.8, 4) is 11.4 Å². The van der Waals surface area contributed by atoms with Crippen molar-refractivity contribution in [3.05, 3.63) is 89.3 Å². The van der Waals surface area contributed by atoms with E-state index < -0.39 is 0 Å². The van der Waals surface area contributed by atoms with Crippen molar-refractivity contribution in [2.75, 3.05) is 6.26 Å². The largest absolute Gasteiger partial charge is 0.291 e. The summed E-state index contributed by atoms with van der Waals surface area (Å²) in [4.78, 5) is 7.89. The van der Waals surface area contributed by atoms with E-state index in [1.54, 1.807) is 5.56 Å². The van der Waals surface area contributed by atoms with Crippen LogP contribution in [-0.4, -0.2) is 21.7 Å². The lowest BCUT2D eigenvalue weighted by Gasteiger charge is -2.18. The molecular formula is C28H22N2S2. The molecule has 2 nitrogen and oxygen atoms in total. The van der Waals surface area contributed by atoms with E-state index in [9.17, 15) is 0 Å². The molecule has 0 radical (unpaired) electrons. The molecule has 4 heteroatoms. The fraction of sp³-hybridized carbons (Fsp3) is 0.143. The zero-order valence-corrected chi connectivity index (χ0v) is 19.4. The highest BCUT2D eigenvalue weighted by atomic mass is 32.2. The molecular weight excluding hydrogens is 428 g/mol. The van der Waals surface area contributed by atoms with Crippen molar-refractivity contribution in [2.45, 2.75) is 17.2 Å². The van der Waals surface area contributed by atoms with Gasteiger partial charge in [-0.1, -0.05) is 66.5 Å². The van der Waals surface area contributed by atoms with Gasteiger partial charge in [-0.05, 0) is 53.7 Å². The molecule has 0 spiro atoms. The van der Waals surface area contributed by atoms with Gasteiger partial charge in [-0.2, -0.15) is 10.5 Å². The quantitative estimate of drug-likeness (QED) is 0.259. The maximum Gasteiger partial charge on any atom is 0.145 e. The minimum Gasteiger partial charge on any atom is -0.291 e. The van der Waals surface area contributed by atoms with Crippen LogP contribution >= 0.6 is 21.8 Å². The van der Waals surface area contributed by atoms with E-state index >= 15 is 0 Å². The second kappa shape index (κ2) is 6.77. The standard InChI is InChI=1S/C28H22N2S2/c1-32(2)24-14-8-11-19-25-20-15-18(20)16-23(27(25)31-26(19)24)30-22-13-7-6-12-21(22)29-28(30)17-9-4-3-5-10-17/h3-14,16,18,20H,1,15H2,2H3. The fourth-order valence-corrected chi connectivity index (χ4v) is 7.77. The third-order valence-electron chi connectivity index (χ3n) is 6.74. The maximum atomic E-state index is 5.09. The summed E-state index contributed by atoms with van der Waals surface area (Å²) in [6, 6.07) is 25.9. The van der Waals surface area contributed by atoms with Crippen LogP contribution < -0.4 is 0 Å². The number of hydrogen-bond donors (Lipinski definition) is 0. The number of benzene rings is 3. The van der Waals surface area contributed by atoms with Gasteiger partial charge in [0.1, 0.15) is 5.82 Å². The van der Waals surface area contributed by atoms with E-state index in [1.807, 2.05) is 11.3 Å². The topological polar surface area (TPSA) is 17.8 Å². The molecule has 0 aliphatic heterocycles. The van der Waals surface area contributed by atoms with Gasteiger partial charge in [-0.15, -0.1) is 11.3 Å². The van der Waals surface area contributed by atoms with Crippen molar-refractivity contribution in [3.63, 3.8) is 0 Å². The van der Waals surface area contributed by atoms with Crippen LogP contribution in [0.3, 0.4) is 0 Å². The lowest BCUT2D eigenvalue weighted by molar-refractivity contribution is 0.977. The summed E-state index contributed by atoms with van der Waals surface area (Å²) in [5, 5.41) is 1.44. The molecule has 7 rings (SSSR count). The first kappa shape index (κ1) is 18.6. The molecule has 2 aliphatic carbocycles. The second-order valence-electron chi connectivity index (χ2n) is 8.80. The smallest absolute Gasteiger partial charge is 0.145 e. The van der Waals surface area contributed by atoms with E-state index in [2.05, 4.69) is 95.6 Å². The molecule has 1 fully saturated rings. The number of thiophene rings is 1. The van der Waals surface area contributed by atoms with Crippen molar-refractivity contribution < 1.29 is 0 Å². The van der Waals surface area contributed by atoms with Crippen LogP contribution in [0.15, 0.2) is 83.8 Å². The molecule has 0 amide bonds. The Kier molecular flexibility index (Phi) is 3.94. The monoisotopic (exact) mass is 450 g/mol.